The third-order valence-corrected chi connectivity index (χ3v) is 4.11. The Balaban J connectivity index is 0.00000200. The monoisotopic (exact) mass is 296 g/mol. The molecule has 0 unspecified atom stereocenters. The van der Waals surface area contributed by atoms with Gasteiger partial charge in [-0.1, -0.05) is 25.3 Å². The van der Waals surface area contributed by atoms with Crippen LogP contribution in [0.5, 0.6) is 0 Å². The molecule has 3 nitrogen and oxygen atoms in total. The highest BCUT2D eigenvalue weighted by Crippen LogP contribution is 2.25. The Hall–Kier alpha value is -1.22. The van der Waals surface area contributed by atoms with Crippen molar-refractivity contribution in [3.8, 4) is 0 Å². The van der Waals surface area contributed by atoms with Crippen LogP contribution in [0.15, 0.2) is 18.2 Å². The second-order valence-corrected chi connectivity index (χ2v) is 5.46. The number of nitrogens with zero attached hydrogens (tertiary/aromatic N) is 1. The van der Waals surface area contributed by atoms with E-state index in [4.69, 9.17) is 5.73 Å². The fourth-order valence-electron chi connectivity index (χ4n) is 2.99. The van der Waals surface area contributed by atoms with E-state index in [1.807, 2.05) is 30.0 Å². The number of anilines is 1. The lowest BCUT2D eigenvalue weighted by Gasteiger charge is -2.34. The van der Waals surface area contributed by atoms with E-state index in [-0.39, 0.29) is 18.3 Å². The zero-order valence-electron chi connectivity index (χ0n) is 12.4. The molecule has 1 aromatic carbocycles. The maximum absolute atomic E-state index is 12.7. The Kier molecular flexibility index (Phi) is 6.34. The molecule has 0 heterocycles. The van der Waals surface area contributed by atoms with Gasteiger partial charge in [-0.2, -0.15) is 0 Å². The number of amides is 1. The molecule has 0 bridgehead atoms. The van der Waals surface area contributed by atoms with Crippen LogP contribution in [0.25, 0.3) is 0 Å². The molecule has 1 aliphatic rings. The summed E-state index contributed by atoms with van der Waals surface area (Å²) in [4.78, 5) is 14.7. The van der Waals surface area contributed by atoms with Crippen LogP contribution in [0.4, 0.5) is 5.69 Å². The predicted octanol–water partition coefficient (Wildman–Crippen LogP) is 3.79. The van der Waals surface area contributed by atoms with Crippen molar-refractivity contribution in [2.24, 2.45) is 0 Å². The number of rotatable bonds is 3. The minimum absolute atomic E-state index is 0. The van der Waals surface area contributed by atoms with E-state index in [1.165, 1.54) is 19.3 Å². The molecule has 0 atom stereocenters. The van der Waals surface area contributed by atoms with E-state index in [9.17, 15) is 4.79 Å². The zero-order chi connectivity index (χ0) is 13.8. The highest BCUT2D eigenvalue weighted by atomic mass is 35.5. The topological polar surface area (TPSA) is 46.3 Å². The van der Waals surface area contributed by atoms with E-state index in [0.29, 0.717) is 11.7 Å². The Morgan fingerprint density at radius 2 is 1.95 bits per heavy atom. The highest BCUT2D eigenvalue weighted by molar-refractivity contribution is 5.96. The number of carbonyl (C=O) groups excluding carboxylic acids is 1. The minimum atomic E-state index is 0. The maximum atomic E-state index is 12.7. The molecule has 0 aromatic heterocycles. The summed E-state index contributed by atoms with van der Waals surface area (Å²) in [5.74, 6) is 0.138. The number of benzene rings is 1. The summed E-state index contributed by atoms with van der Waals surface area (Å²) in [6.45, 7) is 4.81. The van der Waals surface area contributed by atoms with Crippen LogP contribution in [-0.2, 0) is 0 Å². The number of halogens is 1. The van der Waals surface area contributed by atoms with Crippen molar-refractivity contribution in [3.05, 3.63) is 29.3 Å². The van der Waals surface area contributed by atoms with Gasteiger partial charge in [0.05, 0.1) is 0 Å². The first-order valence-corrected chi connectivity index (χ1v) is 7.30. The van der Waals surface area contributed by atoms with Crippen LogP contribution in [0, 0.1) is 6.92 Å². The van der Waals surface area contributed by atoms with Gasteiger partial charge < -0.3 is 10.6 Å². The number of nitrogen functional groups attached to an aromatic ring is 1. The summed E-state index contributed by atoms with van der Waals surface area (Å²) in [5, 5.41) is 0. The summed E-state index contributed by atoms with van der Waals surface area (Å²) in [6.07, 6.45) is 6.07. The summed E-state index contributed by atoms with van der Waals surface area (Å²) < 4.78 is 0. The summed E-state index contributed by atoms with van der Waals surface area (Å²) in [7, 11) is 0. The summed E-state index contributed by atoms with van der Waals surface area (Å²) >= 11 is 0. The van der Waals surface area contributed by atoms with Crippen molar-refractivity contribution in [2.45, 2.75) is 52.0 Å². The Morgan fingerprint density at radius 1 is 1.30 bits per heavy atom. The molecule has 20 heavy (non-hydrogen) atoms. The third-order valence-electron chi connectivity index (χ3n) is 4.11. The van der Waals surface area contributed by atoms with Crippen LogP contribution in [-0.4, -0.2) is 23.4 Å². The molecule has 1 fully saturated rings. The largest absolute Gasteiger partial charge is 0.399 e. The molecular formula is C16H25ClN2O. The van der Waals surface area contributed by atoms with Gasteiger partial charge in [0.2, 0.25) is 0 Å². The van der Waals surface area contributed by atoms with Crippen molar-refractivity contribution in [3.63, 3.8) is 0 Å². The lowest BCUT2D eigenvalue weighted by atomic mass is 9.93. The molecule has 1 amide bonds. The fraction of sp³-hybridized carbons (Fsp3) is 0.562. The normalized spacial score (nSPS) is 15.5. The van der Waals surface area contributed by atoms with E-state index < -0.39 is 0 Å². The summed E-state index contributed by atoms with van der Waals surface area (Å²) in [5.41, 5.74) is 8.24. The maximum Gasteiger partial charge on any atom is 0.254 e. The van der Waals surface area contributed by atoms with Gasteiger partial charge in [0.1, 0.15) is 0 Å². The number of carbonyl (C=O) groups is 1. The van der Waals surface area contributed by atoms with E-state index in [2.05, 4.69) is 6.92 Å². The van der Waals surface area contributed by atoms with Crippen molar-refractivity contribution in [1.29, 1.82) is 0 Å². The Bertz CT molecular complexity index is 456. The van der Waals surface area contributed by atoms with Gasteiger partial charge in [-0.25, -0.2) is 0 Å². The van der Waals surface area contributed by atoms with Crippen molar-refractivity contribution < 1.29 is 4.79 Å². The average molecular weight is 297 g/mol. The summed E-state index contributed by atoms with van der Waals surface area (Å²) in [6, 6.07) is 6.00. The molecule has 0 radical (unpaired) electrons. The quantitative estimate of drug-likeness (QED) is 0.863. The second kappa shape index (κ2) is 7.53. The van der Waals surface area contributed by atoms with E-state index in [0.717, 1.165) is 30.5 Å². The van der Waals surface area contributed by atoms with Crippen molar-refractivity contribution in [1.82, 2.24) is 4.90 Å². The molecule has 4 heteroatoms. The number of aryl methyl sites for hydroxylation is 1. The van der Waals surface area contributed by atoms with Gasteiger partial charge >= 0.3 is 0 Å². The average Bonchev–Trinajstić information content (AvgIpc) is 2.43. The third kappa shape index (κ3) is 3.66. The fourth-order valence-corrected chi connectivity index (χ4v) is 2.99. The van der Waals surface area contributed by atoms with Crippen LogP contribution in [0.2, 0.25) is 0 Å². The lowest BCUT2D eigenvalue weighted by molar-refractivity contribution is 0.0647. The van der Waals surface area contributed by atoms with Crippen LogP contribution in [0.3, 0.4) is 0 Å². The lowest BCUT2D eigenvalue weighted by Crippen LogP contribution is -2.41. The van der Waals surface area contributed by atoms with Gasteiger partial charge in [-0.15, -0.1) is 12.4 Å². The molecule has 0 saturated heterocycles. The second-order valence-electron chi connectivity index (χ2n) is 5.46. The smallest absolute Gasteiger partial charge is 0.254 e. The molecule has 2 N–H and O–H groups in total. The van der Waals surface area contributed by atoms with Crippen molar-refractivity contribution >= 4 is 24.0 Å². The van der Waals surface area contributed by atoms with Crippen LogP contribution >= 0.6 is 12.4 Å². The number of hydrogen-bond donors (Lipinski definition) is 1. The van der Waals surface area contributed by atoms with Gasteiger partial charge in [0.15, 0.2) is 0 Å². The molecule has 2 rings (SSSR count). The SMILES string of the molecule is CCN(C(=O)c1cc(N)ccc1C)C1CCCCC1.Cl. The highest BCUT2D eigenvalue weighted by Gasteiger charge is 2.25. The first kappa shape index (κ1) is 16.8. The minimum Gasteiger partial charge on any atom is -0.399 e. The van der Waals surface area contributed by atoms with Gasteiger partial charge in [-0.05, 0) is 44.4 Å². The van der Waals surface area contributed by atoms with E-state index >= 15 is 0 Å². The molecule has 1 aliphatic carbocycles. The molecule has 0 spiro atoms. The molecule has 112 valence electrons. The Labute approximate surface area is 127 Å². The van der Waals surface area contributed by atoms with Crippen LogP contribution < -0.4 is 5.73 Å². The standard InChI is InChI=1S/C16H24N2O.ClH/c1-3-18(14-7-5-4-6-8-14)16(19)15-11-13(17)10-9-12(15)2;/h9-11,14H,3-8,17H2,1-2H3;1H. The predicted molar refractivity (Wildman–Crippen MR) is 86.4 cm³/mol. The first-order chi connectivity index (χ1) is 9.13. The number of hydrogen-bond acceptors (Lipinski definition) is 2. The molecule has 0 aliphatic heterocycles. The first-order valence-electron chi connectivity index (χ1n) is 7.30. The van der Waals surface area contributed by atoms with Gasteiger partial charge in [0, 0.05) is 23.8 Å². The van der Waals surface area contributed by atoms with Gasteiger partial charge in [0.25, 0.3) is 5.91 Å². The van der Waals surface area contributed by atoms with Crippen molar-refractivity contribution in [2.75, 3.05) is 12.3 Å². The van der Waals surface area contributed by atoms with Gasteiger partial charge in [-0.3, -0.25) is 4.79 Å². The molecule has 1 saturated carbocycles. The Morgan fingerprint density at radius 3 is 2.55 bits per heavy atom. The molecule has 1 aromatic rings. The molecular weight excluding hydrogens is 272 g/mol. The van der Waals surface area contributed by atoms with Crippen LogP contribution in [0.1, 0.15) is 54.9 Å². The van der Waals surface area contributed by atoms with E-state index in [1.54, 1.807) is 0 Å². The zero-order valence-corrected chi connectivity index (χ0v) is 13.2. The number of nitrogens with two attached hydrogens (primary N) is 1.